The lowest BCUT2D eigenvalue weighted by Gasteiger charge is -2.22. The molecule has 1 aliphatic rings. The fourth-order valence-electron chi connectivity index (χ4n) is 2.20. The number of aryl methyl sites for hydroxylation is 1. The lowest BCUT2D eigenvalue weighted by molar-refractivity contribution is -0.126. The van der Waals surface area contributed by atoms with Gasteiger partial charge in [0, 0.05) is 25.7 Å². The van der Waals surface area contributed by atoms with Gasteiger partial charge in [0.1, 0.15) is 0 Å². The predicted octanol–water partition coefficient (Wildman–Crippen LogP) is 1.83. The van der Waals surface area contributed by atoms with Crippen LogP contribution in [0.2, 0.25) is 0 Å². The van der Waals surface area contributed by atoms with Crippen molar-refractivity contribution in [2.45, 2.75) is 19.4 Å². The second kappa shape index (κ2) is 5.83. The Morgan fingerprint density at radius 1 is 1.44 bits per heavy atom. The molecule has 0 aromatic heterocycles. The number of amides is 1. The smallest absolute Gasteiger partial charge is 0.246 e. The predicted molar refractivity (Wildman–Crippen MR) is 74.3 cm³/mol. The Hall–Kier alpha value is -1.61. The standard InChI is InChI=1S/C15H20N2O/c1-12-5-3-4-6-13(12)7-8-15(18)17(2)14-9-10-16-11-14/h3-8,14,16H,9-11H2,1-2H3. The number of benzene rings is 1. The first kappa shape index (κ1) is 12.8. The van der Waals surface area contributed by atoms with E-state index < -0.39 is 0 Å². The molecule has 1 heterocycles. The van der Waals surface area contributed by atoms with Crippen LogP contribution in [0.4, 0.5) is 0 Å². The maximum Gasteiger partial charge on any atom is 0.246 e. The summed E-state index contributed by atoms with van der Waals surface area (Å²) in [4.78, 5) is 13.9. The van der Waals surface area contributed by atoms with Crippen LogP contribution in [0, 0.1) is 6.92 Å². The van der Waals surface area contributed by atoms with E-state index in [-0.39, 0.29) is 5.91 Å². The molecule has 2 rings (SSSR count). The van der Waals surface area contributed by atoms with Gasteiger partial charge in [-0.25, -0.2) is 0 Å². The molecule has 1 saturated heterocycles. The second-order valence-electron chi connectivity index (χ2n) is 4.79. The minimum Gasteiger partial charge on any atom is -0.338 e. The van der Waals surface area contributed by atoms with E-state index in [4.69, 9.17) is 0 Å². The molecule has 0 aliphatic carbocycles. The van der Waals surface area contributed by atoms with E-state index in [0.29, 0.717) is 6.04 Å². The summed E-state index contributed by atoms with van der Waals surface area (Å²) < 4.78 is 0. The van der Waals surface area contributed by atoms with Crippen molar-refractivity contribution < 1.29 is 4.79 Å². The molecule has 1 aliphatic heterocycles. The molecule has 0 saturated carbocycles. The van der Waals surface area contributed by atoms with Gasteiger partial charge in [0.05, 0.1) is 0 Å². The van der Waals surface area contributed by atoms with Crippen molar-refractivity contribution in [2.24, 2.45) is 0 Å². The Labute approximate surface area is 108 Å². The van der Waals surface area contributed by atoms with Gasteiger partial charge < -0.3 is 10.2 Å². The number of nitrogens with zero attached hydrogens (tertiary/aromatic N) is 1. The molecule has 1 aromatic carbocycles. The number of carbonyl (C=O) groups excluding carboxylic acids is 1. The number of nitrogens with one attached hydrogen (secondary N) is 1. The summed E-state index contributed by atoms with van der Waals surface area (Å²) in [6.45, 7) is 3.96. The number of rotatable bonds is 3. The summed E-state index contributed by atoms with van der Waals surface area (Å²) in [5, 5.41) is 3.27. The van der Waals surface area contributed by atoms with Gasteiger partial charge in [-0.15, -0.1) is 0 Å². The van der Waals surface area contributed by atoms with Gasteiger partial charge in [-0.05, 0) is 37.1 Å². The normalized spacial score (nSPS) is 19.3. The highest BCUT2D eigenvalue weighted by molar-refractivity contribution is 5.92. The molecule has 1 aromatic rings. The Kier molecular flexibility index (Phi) is 4.15. The molecule has 3 nitrogen and oxygen atoms in total. The van der Waals surface area contributed by atoms with Crippen LogP contribution in [-0.2, 0) is 4.79 Å². The van der Waals surface area contributed by atoms with Crippen molar-refractivity contribution in [1.29, 1.82) is 0 Å². The Bertz CT molecular complexity index is 448. The van der Waals surface area contributed by atoms with Crippen LogP contribution in [0.15, 0.2) is 30.3 Å². The third kappa shape index (κ3) is 2.99. The van der Waals surface area contributed by atoms with Crippen LogP contribution >= 0.6 is 0 Å². The van der Waals surface area contributed by atoms with Gasteiger partial charge in [0.25, 0.3) is 0 Å². The first-order valence-corrected chi connectivity index (χ1v) is 6.39. The summed E-state index contributed by atoms with van der Waals surface area (Å²) in [6, 6.07) is 8.40. The molecule has 18 heavy (non-hydrogen) atoms. The van der Waals surface area contributed by atoms with E-state index in [1.165, 1.54) is 5.56 Å². The second-order valence-corrected chi connectivity index (χ2v) is 4.79. The van der Waals surface area contributed by atoms with Gasteiger partial charge in [-0.3, -0.25) is 4.79 Å². The fraction of sp³-hybridized carbons (Fsp3) is 0.400. The van der Waals surface area contributed by atoms with Gasteiger partial charge in [0.15, 0.2) is 0 Å². The molecule has 3 heteroatoms. The SMILES string of the molecule is Cc1ccccc1C=CC(=O)N(C)C1CCNC1. The molecule has 1 fully saturated rings. The molecule has 1 amide bonds. The highest BCUT2D eigenvalue weighted by Crippen LogP contribution is 2.11. The third-order valence-corrected chi connectivity index (χ3v) is 3.52. The summed E-state index contributed by atoms with van der Waals surface area (Å²) in [6.07, 6.45) is 4.61. The summed E-state index contributed by atoms with van der Waals surface area (Å²) in [5.74, 6) is 0.0759. The third-order valence-electron chi connectivity index (χ3n) is 3.52. The van der Waals surface area contributed by atoms with E-state index in [1.54, 1.807) is 6.08 Å². The summed E-state index contributed by atoms with van der Waals surface area (Å²) in [5.41, 5.74) is 2.29. The molecule has 96 valence electrons. The van der Waals surface area contributed by atoms with Gasteiger partial charge in [-0.2, -0.15) is 0 Å². The van der Waals surface area contributed by atoms with Gasteiger partial charge in [-0.1, -0.05) is 24.3 Å². The molecule has 1 atom stereocenters. The first-order valence-electron chi connectivity index (χ1n) is 6.39. The molecular formula is C15H20N2O. The Morgan fingerprint density at radius 3 is 2.89 bits per heavy atom. The minimum absolute atomic E-state index is 0.0759. The molecule has 0 bridgehead atoms. The zero-order valence-electron chi connectivity index (χ0n) is 11.0. The molecule has 1 unspecified atom stereocenters. The molecule has 1 N–H and O–H groups in total. The average Bonchev–Trinajstić information content (AvgIpc) is 2.90. The van der Waals surface area contributed by atoms with E-state index in [1.807, 2.05) is 36.2 Å². The summed E-state index contributed by atoms with van der Waals surface area (Å²) in [7, 11) is 1.88. The van der Waals surface area contributed by atoms with Crippen molar-refractivity contribution in [1.82, 2.24) is 10.2 Å². The Balaban J connectivity index is 2.00. The lowest BCUT2D eigenvalue weighted by atomic mass is 10.1. The number of hydrogen-bond acceptors (Lipinski definition) is 2. The van der Waals surface area contributed by atoms with Crippen LogP contribution in [0.1, 0.15) is 17.5 Å². The van der Waals surface area contributed by atoms with E-state index in [0.717, 1.165) is 25.1 Å². The number of likely N-dealkylation sites (N-methyl/N-ethyl adjacent to an activating group) is 1. The zero-order chi connectivity index (χ0) is 13.0. The van der Waals surface area contributed by atoms with Crippen molar-refractivity contribution in [3.05, 3.63) is 41.5 Å². The highest BCUT2D eigenvalue weighted by atomic mass is 16.2. The topological polar surface area (TPSA) is 32.3 Å². The van der Waals surface area contributed by atoms with Gasteiger partial charge >= 0.3 is 0 Å². The average molecular weight is 244 g/mol. The maximum absolute atomic E-state index is 12.0. The fourth-order valence-corrected chi connectivity index (χ4v) is 2.20. The van der Waals surface area contributed by atoms with Crippen LogP contribution in [0.25, 0.3) is 6.08 Å². The molecule has 0 spiro atoms. The zero-order valence-corrected chi connectivity index (χ0v) is 11.0. The molecule has 0 radical (unpaired) electrons. The van der Waals surface area contributed by atoms with Crippen molar-refractivity contribution in [3.8, 4) is 0 Å². The van der Waals surface area contributed by atoms with Gasteiger partial charge in [0.2, 0.25) is 5.91 Å². The maximum atomic E-state index is 12.0. The first-order chi connectivity index (χ1) is 8.68. The van der Waals surface area contributed by atoms with E-state index in [2.05, 4.69) is 18.3 Å². The van der Waals surface area contributed by atoms with Crippen LogP contribution < -0.4 is 5.32 Å². The number of carbonyl (C=O) groups is 1. The lowest BCUT2D eigenvalue weighted by Crippen LogP contribution is -2.37. The number of hydrogen-bond donors (Lipinski definition) is 1. The Morgan fingerprint density at radius 2 is 2.22 bits per heavy atom. The largest absolute Gasteiger partial charge is 0.338 e. The van der Waals surface area contributed by atoms with Crippen molar-refractivity contribution >= 4 is 12.0 Å². The quantitative estimate of drug-likeness (QED) is 0.823. The van der Waals surface area contributed by atoms with E-state index in [9.17, 15) is 4.79 Å². The van der Waals surface area contributed by atoms with Crippen molar-refractivity contribution in [2.75, 3.05) is 20.1 Å². The van der Waals surface area contributed by atoms with Crippen LogP contribution in [0.3, 0.4) is 0 Å². The van der Waals surface area contributed by atoms with Crippen LogP contribution in [-0.4, -0.2) is 37.0 Å². The highest BCUT2D eigenvalue weighted by Gasteiger charge is 2.21. The minimum atomic E-state index is 0.0759. The van der Waals surface area contributed by atoms with E-state index >= 15 is 0 Å². The van der Waals surface area contributed by atoms with Crippen LogP contribution in [0.5, 0.6) is 0 Å². The summed E-state index contributed by atoms with van der Waals surface area (Å²) >= 11 is 0. The molecular weight excluding hydrogens is 224 g/mol. The monoisotopic (exact) mass is 244 g/mol. The van der Waals surface area contributed by atoms with Crippen molar-refractivity contribution in [3.63, 3.8) is 0 Å².